The van der Waals surface area contributed by atoms with E-state index in [4.69, 9.17) is 4.74 Å². The van der Waals surface area contributed by atoms with Gasteiger partial charge >= 0.3 is 0 Å². The Balaban J connectivity index is 1.55. The third-order valence-electron chi connectivity index (χ3n) is 4.27. The molecule has 0 aliphatic rings. The van der Waals surface area contributed by atoms with Crippen LogP contribution in [-0.4, -0.2) is 31.3 Å². The topological polar surface area (TPSA) is 92.5 Å². The molecule has 136 valence electrons. The fraction of sp³-hybridized carbons (Fsp3) is 0.150. The summed E-state index contributed by atoms with van der Waals surface area (Å²) in [5.74, 6) is 0.619. The fourth-order valence-corrected chi connectivity index (χ4v) is 2.93. The SMILES string of the molecule is O=c1[nH]c2c(-c3ccccn3)cnn2c(O)c1CCCOc1ccccc1. The standard InChI is InChI=1S/C20H18N4O3/c25-19-15(9-6-12-27-14-7-2-1-3-8-14)20(26)24-18(23-19)16(13-22-24)17-10-4-5-11-21-17/h1-5,7-8,10-11,13,26H,6,9,12H2,(H,23,25). The van der Waals surface area contributed by atoms with Gasteiger partial charge in [-0.2, -0.15) is 9.61 Å². The summed E-state index contributed by atoms with van der Waals surface area (Å²) in [7, 11) is 0. The van der Waals surface area contributed by atoms with Crippen molar-refractivity contribution in [3.05, 3.63) is 76.8 Å². The van der Waals surface area contributed by atoms with E-state index >= 15 is 0 Å². The van der Waals surface area contributed by atoms with Crippen LogP contribution in [0, 0.1) is 0 Å². The molecular formula is C20H18N4O3. The maximum atomic E-state index is 12.5. The molecule has 0 atom stereocenters. The lowest BCUT2D eigenvalue weighted by Gasteiger charge is -2.08. The van der Waals surface area contributed by atoms with Gasteiger partial charge in [0.05, 0.1) is 29.6 Å². The summed E-state index contributed by atoms with van der Waals surface area (Å²) in [6.07, 6.45) is 4.21. The van der Waals surface area contributed by atoms with Crippen LogP contribution >= 0.6 is 0 Å². The van der Waals surface area contributed by atoms with Crippen molar-refractivity contribution in [1.82, 2.24) is 19.6 Å². The first-order valence-electron chi connectivity index (χ1n) is 8.65. The maximum absolute atomic E-state index is 12.5. The molecule has 4 rings (SSSR count). The number of fused-ring (bicyclic) bond motifs is 1. The quantitative estimate of drug-likeness (QED) is 0.515. The van der Waals surface area contributed by atoms with Gasteiger partial charge in [0.1, 0.15) is 11.4 Å². The molecule has 4 aromatic rings. The predicted molar refractivity (Wildman–Crippen MR) is 101 cm³/mol. The Bertz CT molecular complexity index is 1100. The molecule has 1 aromatic carbocycles. The first-order chi connectivity index (χ1) is 13.2. The van der Waals surface area contributed by atoms with Gasteiger partial charge in [0.15, 0.2) is 0 Å². The molecule has 3 heterocycles. The van der Waals surface area contributed by atoms with E-state index in [1.54, 1.807) is 12.4 Å². The van der Waals surface area contributed by atoms with Crippen molar-refractivity contribution in [2.45, 2.75) is 12.8 Å². The molecular weight excluding hydrogens is 344 g/mol. The molecule has 0 aliphatic carbocycles. The smallest absolute Gasteiger partial charge is 0.258 e. The summed E-state index contributed by atoms with van der Waals surface area (Å²) in [6.45, 7) is 0.444. The van der Waals surface area contributed by atoms with Crippen molar-refractivity contribution in [2.75, 3.05) is 6.61 Å². The van der Waals surface area contributed by atoms with E-state index in [1.165, 1.54) is 4.52 Å². The predicted octanol–water partition coefficient (Wildman–Crippen LogP) is 2.80. The Morgan fingerprint density at radius 2 is 1.93 bits per heavy atom. The Morgan fingerprint density at radius 3 is 2.70 bits per heavy atom. The second kappa shape index (κ2) is 7.33. The van der Waals surface area contributed by atoms with E-state index in [9.17, 15) is 9.90 Å². The summed E-state index contributed by atoms with van der Waals surface area (Å²) >= 11 is 0. The molecule has 0 bridgehead atoms. The Morgan fingerprint density at radius 1 is 1.11 bits per heavy atom. The number of H-pyrrole nitrogens is 1. The molecule has 27 heavy (non-hydrogen) atoms. The van der Waals surface area contributed by atoms with E-state index in [0.717, 1.165) is 5.75 Å². The molecule has 0 fully saturated rings. The van der Waals surface area contributed by atoms with Gasteiger partial charge in [-0.1, -0.05) is 24.3 Å². The second-order valence-electron chi connectivity index (χ2n) is 6.05. The van der Waals surface area contributed by atoms with Gasteiger partial charge in [-0.05, 0) is 37.1 Å². The molecule has 0 saturated heterocycles. The lowest BCUT2D eigenvalue weighted by Crippen LogP contribution is -2.17. The zero-order chi connectivity index (χ0) is 18.6. The Kier molecular flexibility index (Phi) is 4.57. The molecule has 0 amide bonds. The van der Waals surface area contributed by atoms with Crippen LogP contribution in [0.5, 0.6) is 11.6 Å². The molecule has 7 heteroatoms. The van der Waals surface area contributed by atoms with Crippen LogP contribution in [0.1, 0.15) is 12.0 Å². The molecule has 3 aromatic heterocycles. The van der Waals surface area contributed by atoms with Crippen LogP contribution in [0.25, 0.3) is 16.9 Å². The van der Waals surface area contributed by atoms with E-state index in [-0.39, 0.29) is 17.0 Å². The van der Waals surface area contributed by atoms with E-state index in [1.807, 2.05) is 48.5 Å². The van der Waals surface area contributed by atoms with Gasteiger partial charge in [-0.25, -0.2) is 0 Å². The van der Waals surface area contributed by atoms with Crippen molar-refractivity contribution >= 4 is 5.65 Å². The van der Waals surface area contributed by atoms with Crippen molar-refractivity contribution in [3.63, 3.8) is 0 Å². The zero-order valence-corrected chi connectivity index (χ0v) is 14.5. The van der Waals surface area contributed by atoms with Crippen molar-refractivity contribution in [1.29, 1.82) is 0 Å². The Labute approximate surface area is 154 Å². The van der Waals surface area contributed by atoms with Crippen LogP contribution in [0.4, 0.5) is 0 Å². The third kappa shape index (κ3) is 3.39. The molecule has 0 radical (unpaired) electrons. The number of ether oxygens (including phenoxy) is 1. The number of aromatic nitrogens is 4. The van der Waals surface area contributed by atoms with E-state index in [2.05, 4.69) is 15.1 Å². The highest BCUT2D eigenvalue weighted by Crippen LogP contribution is 2.24. The first-order valence-corrected chi connectivity index (χ1v) is 8.65. The number of nitrogens with one attached hydrogen (secondary N) is 1. The lowest BCUT2D eigenvalue weighted by atomic mass is 10.1. The van der Waals surface area contributed by atoms with Crippen LogP contribution < -0.4 is 10.3 Å². The number of nitrogens with zero attached hydrogens (tertiary/aromatic N) is 3. The number of para-hydroxylation sites is 1. The summed E-state index contributed by atoms with van der Waals surface area (Å²) in [5.41, 5.74) is 1.70. The highest BCUT2D eigenvalue weighted by Gasteiger charge is 2.16. The van der Waals surface area contributed by atoms with Crippen LogP contribution in [0.15, 0.2) is 65.7 Å². The average Bonchev–Trinajstić information content (AvgIpc) is 3.12. The number of aromatic amines is 1. The number of rotatable bonds is 6. The monoisotopic (exact) mass is 362 g/mol. The van der Waals surface area contributed by atoms with Crippen LogP contribution in [0.3, 0.4) is 0 Å². The molecule has 0 unspecified atom stereocenters. The highest BCUT2D eigenvalue weighted by atomic mass is 16.5. The van der Waals surface area contributed by atoms with Gasteiger partial charge in [0, 0.05) is 6.20 Å². The molecule has 2 N–H and O–H groups in total. The minimum Gasteiger partial charge on any atom is -0.494 e. The van der Waals surface area contributed by atoms with Crippen molar-refractivity contribution in [2.24, 2.45) is 0 Å². The lowest BCUT2D eigenvalue weighted by molar-refractivity contribution is 0.309. The third-order valence-corrected chi connectivity index (χ3v) is 4.27. The van der Waals surface area contributed by atoms with Crippen LogP contribution in [0.2, 0.25) is 0 Å². The summed E-state index contributed by atoms with van der Waals surface area (Å²) in [5, 5.41) is 14.7. The number of hydrogen-bond donors (Lipinski definition) is 2. The molecule has 0 saturated carbocycles. The largest absolute Gasteiger partial charge is 0.494 e. The normalized spacial score (nSPS) is 11.0. The average molecular weight is 362 g/mol. The Hall–Kier alpha value is -3.61. The summed E-state index contributed by atoms with van der Waals surface area (Å²) in [4.78, 5) is 19.6. The van der Waals surface area contributed by atoms with Gasteiger partial charge in [-0.3, -0.25) is 9.78 Å². The number of hydrogen-bond acceptors (Lipinski definition) is 5. The number of aromatic hydroxyl groups is 1. The first kappa shape index (κ1) is 16.8. The van der Waals surface area contributed by atoms with Gasteiger partial charge in [0.2, 0.25) is 5.88 Å². The van der Waals surface area contributed by atoms with Gasteiger partial charge < -0.3 is 14.8 Å². The maximum Gasteiger partial charge on any atom is 0.258 e. The van der Waals surface area contributed by atoms with Crippen molar-refractivity contribution < 1.29 is 9.84 Å². The second-order valence-corrected chi connectivity index (χ2v) is 6.05. The molecule has 0 spiro atoms. The van der Waals surface area contributed by atoms with Gasteiger partial charge in [0.25, 0.3) is 5.56 Å². The van der Waals surface area contributed by atoms with Gasteiger partial charge in [-0.15, -0.1) is 0 Å². The van der Waals surface area contributed by atoms with Crippen molar-refractivity contribution in [3.8, 4) is 22.9 Å². The number of pyridine rings is 1. The number of benzene rings is 1. The highest BCUT2D eigenvalue weighted by molar-refractivity contribution is 5.74. The summed E-state index contributed by atoms with van der Waals surface area (Å²) in [6, 6.07) is 15.0. The minimum absolute atomic E-state index is 0.157. The summed E-state index contributed by atoms with van der Waals surface area (Å²) < 4.78 is 6.96. The molecule has 0 aliphatic heterocycles. The zero-order valence-electron chi connectivity index (χ0n) is 14.5. The fourth-order valence-electron chi connectivity index (χ4n) is 2.93. The van der Waals surface area contributed by atoms with E-state index in [0.29, 0.717) is 36.4 Å². The van der Waals surface area contributed by atoms with E-state index < -0.39 is 0 Å². The van der Waals surface area contributed by atoms with Crippen LogP contribution in [-0.2, 0) is 6.42 Å². The minimum atomic E-state index is -0.336. The molecule has 7 nitrogen and oxygen atoms in total.